The predicted octanol–water partition coefficient (Wildman–Crippen LogP) is 3.68. The Kier molecular flexibility index (Phi) is 5.30. The monoisotopic (exact) mass is 271 g/mol. The summed E-state index contributed by atoms with van der Waals surface area (Å²) in [6, 6.07) is 15.6. The number of nitrogens with two attached hydrogens (primary N) is 1. The zero-order chi connectivity index (χ0) is 14.2. The predicted molar refractivity (Wildman–Crippen MR) is 82.3 cm³/mol. The van der Waals surface area contributed by atoms with Crippen LogP contribution in [0.2, 0.25) is 0 Å². The van der Waals surface area contributed by atoms with E-state index >= 15 is 0 Å². The molecule has 106 valence electrons. The number of hydrogen-bond acceptors (Lipinski definition) is 3. The largest absolute Gasteiger partial charge is 0.493 e. The van der Waals surface area contributed by atoms with Crippen LogP contribution in [-0.4, -0.2) is 13.2 Å². The maximum absolute atomic E-state index is 5.79. The molecule has 0 saturated heterocycles. The molecule has 0 spiro atoms. The smallest absolute Gasteiger partial charge is 0.122 e. The molecule has 0 radical (unpaired) electrons. The van der Waals surface area contributed by atoms with Gasteiger partial charge in [-0.15, -0.1) is 0 Å². The van der Waals surface area contributed by atoms with Crippen LogP contribution in [0.5, 0.6) is 11.5 Å². The highest BCUT2D eigenvalue weighted by Crippen LogP contribution is 2.18. The summed E-state index contributed by atoms with van der Waals surface area (Å²) in [5, 5.41) is 0. The first-order chi connectivity index (χ1) is 9.79. The lowest BCUT2D eigenvalue weighted by atomic mass is 10.1. The van der Waals surface area contributed by atoms with E-state index in [1.165, 1.54) is 5.56 Å². The van der Waals surface area contributed by atoms with Gasteiger partial charge in [0.05, 0.1) is 13.2 Å². The molecule has 0 fully saturated rings. The fraction of sp³-hybridized carbons (Fsp3) is 0.294. The van der Waals surface area contributed by atoms with Gasteiger partial charge in [0.25, 0.3) is 0 Å². The molecule has 0 aliphatic carbocycles. The third-order valence-electron chi connectivity index (χ3n) is 3.05. The van der Waals surface area contributed by atoms with E-state index in [1.807, 2.05) is 42.5 Å². The average molecular weight is 271 g/mol. The lowest BCUT2D eigenvalue weighted by molar-refractivity contribution is 0.246. The fourth-order valence-electron chi connectivity index (χ4n) is 1.93. The number of aryl methyl sites for hydroxylation is 1. The standard InChI is InChI=1S/C17H21NO2/c1-2-14-6-3-4-7-17(14)20-13-5-12-19-16-10-8-15(18)9-11-16/h3-4,6-11H,2,5,12-13,18H2,1H3. The van der Waals surface area contributed by atoms with Gasteiger partial charge in [-0.3, -0.25) is 0 Å². The second kappa shape index (κ2) is 7.43. The van der Waals surface area contributed by atoms with Gasteiger partial charge in [-0.2, -0.15) is 0 Å². The van der Waals surface area contributed by atoms with Crippen LogP contribution in [0.4, 0.5) is 5.69 Å². The Labute approximate surface area is 120 Å². The van der Waals surface area contributed by atoms with E-state index in [0.29, 0.717) is 13.2 Å². The summed E-state index contributed by atoms with van der Waals surface area (Å²) < 4.78 is 11.4. The van der Waals surface area contributed by atoms with Crippen LogP contribution in [0.25, 0.3) is 0 Å². The van der Waals surface area contributed by atoms with Crippen molar-refractivity contribution in [1.82, 2.24) is 0 Å². The summed E-state index contributed by atoms with van der Waals surface area (Å²) in [5.74, 6) is 1.82. The molecule has 3 heteroatoms. The van der Waals surface area contributed by atoms with Gasteiger partial charge in [-0.1, -0.05) is 25.1 Å². The fourth-order valence-corrected chi connectivity index (χ4v) is 1.93. The minimum Gasteiger partial charge on any atom is -0.493 e. The Morgan fingerprint density at radius 3 is 2.35 bits per heavy atom. The molecule has 2 aromatic rings. The van der Waals surface area contributed by atoms with Crippen LogP contribution in [0, 0.1) is 0 Å². The third kappa shape index (κ3) is 4.19. The summed E-state index contributed by atoms with van der Waals surface area (Å²) in [7, 11) is 0. The van der Waals surface area contributed by atoms with Crippen molar-refractivity contribution < 1.29 is 9.47 Å². The van der Waals surface area contributed by atoms with Crippen molar-refractivity contribution in [2.75, 3.05) is 18.9 Å². The molecule has 0 heterocycles. The van der Waals surface area contributed by atoms with Gasteiger partial charge in [0.2, 0.25) is 0 Å². The van der Waals surface area contributed by atoms with E-state index in [4.69, 9.17) is 15.2 Å². The van der Waals surface area contributed by atoms with Crippen molar-refractivity contribution in [2.24, 2.45) is 0 Å². The van der Waals surface area contributed by atoms with Gasteiger partial charge in [0.1, 0.15) is 11.5 Å². The normalized spacial score (nSPS) is 10.2. The molecule has 3 nitrogen and oxygen atoms in total. The highest BCUT2D eigenvalue weighted by atomic mass is 16.5. The molecule has 0 saturated carbocycles. The van der Waals surface area contributed by atoms with Gasteiger partial charge in [0, 0.05) is 12.1 Å². The molecule has 0 unspecified atom stereocenters. The average Bonchev–Trinajstić information content (AvgIpc) is 2.49. The Balaban J connectivity index is 1.70. The van der Waals surface area contributed by atoms with Crippen molar-refractivity contribution in [2.45, 2.75) is 19.8 Å². The van der Waals surface area contributed by atoms with Crippen molar-refractivity contribution in [3.63, 3.8) is 0 Å². The zero-order valence-electron chi connectivity index (χ0n) is 11.8. The van der Waals surface area contributed by atoms with E-state index in [9.17, 15) is 0 Å². The Hall–Kier alpha value is -2.16. The van der Waals surface area contributed by atoms with Gasteiger partial charge in [-0.25, -0.2) is 0 Å². The SMILES string of the molecule is CCc1ccccc1OCCCOc1ccc(N)cc1. The van der Waals surface area contributed by atoms with Crippen LogP contribution in [0.3, 0.4) is 0 Å². The molecule has 0 atom stereocenters. The molecule has 2 aromatic carbocycles. The van der Waals surface area contributed by atoms with Gasteiger partial charge in [0.15, 0.2) is 0 Å². The summed E-state index contributed by atoms with van der Waals surface area (Å²) in [6.45, 7) is 3.43. The van der Waals surface area contributed by atoms with E-state index in [0.717, 1.165) is 30.0 Å². The topological polar surface area (TPSA) is 44.5 Å². The quantitative estimate of drug-likeness (QED) is 0.617. The van der Waals surface area contributed by atoms with Crippen LogP contribution in [0.15, 0.2) is 48.5 Å². The maximum atomic E-state index is 5.79. The highest BCUT2D eigenvalue weighted by molar-refractivity contribution is 5.41. The Morgan fingerprint density at radius 1 is 0.900 bits per heavy atom. The second-order valence-electron chi connectivity index (χ2n) is 4.58. The van der Waals surface area contributed by atoms with Crippen molar-refractivity contribution in [3.05, 3.63) is 54.1 Å². The molecule has 0 aliphatic heterocycles. The van der Waals surface area contributed by atoms with E-state index in [2.05, 4.69) is 13.0 Å². The molecule has 0 bridgehead atoms. The number of nitrogen functional groups attached to an aromatic ring is 1. The first-order valence-corrected chi connectivity index (χ1v) is 6.98. The molecule has 0 aromatic heterocycles. The van der Waals surface area contributed by atoms with E-state index < -0.39 is 0 Å². The summed E-state index contributed by atoms with van der Waals surface area (Å²) in [4.78, 5) is 0. The first-order valence-electron chi connectivity index (χ1n) is 6.98. The van der Waals surface area contributed by atoms with E-state index in [1.54, 1.807) is 0 Å². The van der Waals surface area contributed by atoms with Crippen LogP contribution < -0.4 is 15.2 Å². The highest BCUT2D eigenvalue weighted by Gasteiger charge is 2.00. The number of para-hydroxylation sites is 1. The lowest BCUT2D eigenvalue weighted by Gasteiger charge is -2.10. The van der Waals surface area contributed by atoms with E-state index in [-0.39, 0.29) is 0 Å². The van der Waals surface area contributed by atoms with Crippen LogP contribution in [0.1, 0.15) is 18.9 Å². The number of anilines is 1. The van der Waals surface area contributed by atoms with Crippen molar-refractivity contribution in [3.8, 4) is 11.5 Å². The molecular weight excluding hydrogens is 250 g/mol. The molecular formula is C17H21NO2. The number of rotatable bonds is 7. The minimum absolute atomic E-state index is 0.637. The number of ether oxygens (including phenoxy) is 2. The number of hydrogen-bond donors (Lipinski definition) is 1. The molecule has 0 aliphatic rings. The molecule has 2 N–H and O–H groups in total. The van der Waals surface area contributed by atoms with Crippen molar-refractivity contribution >= 4 is 5.69 Å². The number of benzene rings is 2. The van der Waals surface area contributed by atoms with Crippen LogP contribution >= 0.6 is 0 Å². The first kappa shape index (κ1) is 14.3. The molecule has 20 heavy (non-hydrogen) atoms. The Bertz CT molecular complexity index is 523. The lowest BCUT2D eigenvalue weighted by Crippen LogP contribution is -2.06. The summed E-state index contributed by atoms with van der Waals surface area (Å²) in [5.41, 5.74) is 7.61. The maximum Gasteiger partial charge on any atom is 0.122 e. The second-order valence-corrected chi connectivity index (χ2v) is 4.58. The minimum atomic E-state index is 0.637. The third-order valence-corrected chi connectivity index (χ3v) is 3.05. The molecule has 2 rings (SSSR count). The summed E-state index contributed by atoms with van der Waals surface area (Å²) >= 11 is 0. The van der Waals surface area contributed by atoms with Crippen LogP contribution in [-0.2, 0) is 6.42 Å². The van der Waals surface area contributed by atoms with Gasteiger partial charge in [-0.05, 0) is 42.3 Å². The van der Waals surface area contributed by atoms with Crippen molar-refractivity contribution in [1.29, 1.82) is 0 Å². The van der Waals surface area contributed by atoms with Gasteiger partial charge < -0.3 is 15.2 Å². The molecule has 0 amide bonds. The van der Waals surface area contributed by atoms with Gasteiger partial charge >= 0.3 is 0 Å². The Morgan fingerprint density at radius 2 is 1.60 bits per heavy atom. The summed E-state index contributed by atoms with van der Waals surface area (Å²) in [6.07, 6.45) is 1.83. The zero-order valence-corrected chi connectivity index (χ0v) is 11.8.